The molecule has 0 atom stereocenters. The van der Waals surface area contributed by atoms with Crippen LogP contribution < -0.4 is 10.1 Å². The summed E-state index contributed by atoms with van der Waals surface area (Å²) in [6.45, 7) is -1.07. The van der Waals surface area contributed by atoms with Gasteiger partial charge < -0.3 is 14.5 Å². The molecule has 8 heteroatoms. The molecule has 1 amide bonds. The number of hydrogen-bond donors (Lipinski definition) is 1. The number of amides is 1. The van der Waals surface area contributed by atoms with Gasteiger partial charge in [0.1, 0.15) is 5.75 Å². The molecule has 0 bridgehead atoms. The van der Waals surface area contributed by atoms with Crippen molar-refractivity contribution in [3.63, 3.8) is 0 Å². The second kappa shape index (κ2) is 7.08. The van der Waals surface area contributed by atoms with Crippen LogP contribution in [0.4, 0.5) is 14.5 Å². The van der Waals surface area contributed by atoms with Gasteiger partial charge in [0.15, 0.2) is 0 Å². The summed E-state index contributed by atoms with van der Waals surface area (Å²) in [6, 6.07) is 10.8. The standard InChI is InChI=1S/C17H13F2N3O3/c1-10-2-3-12(16-22-20-9-24-16)8-14(10)21-15(23)11-4-6-13(7-5-11)25-17(18)19/h2-9,17H,1H3,(H,21,23). The number of aromatic nitrogens is 2. The largest absolute Gasteiger partial charge is 0.435 e. The highest BCUT2D eigenvalue weighted by Gasteiger charge is 2.12. The van der Waals surface area contributed by atoms with Crippen molar-refractivity contribution < 1.29 is 22.7 Å². The van der Waals surface area contributed by atoms with Gasteiger partial charge in [0, 0.05) is 16.8 Å². The van der Waals surface area contributed by atoms with Gasteiger partial charge in [-0.3, -0.25) is 4.79 Å². The fraction of sp³-hybridized carbons (Fsp3) is 0.118. The molecule has 0 saturated heterocycles. The number of nitrogens with one attached hydrogen (secondary N) is 1. The molecule has 6 nitrogen and oxygen atoms in total. The summed E-state index contributed by atoms with van der Waals surface area (Å²) in [5.74, 6) is -0.0560. The van der Waals surface area contributed by atoms with E-state index in [1.165, 1.54) is 30.7 Å². The molecule has 3 rings (SSSR count). The molecule has 0 saturated carbocycles. The number of halogens is 2. The minimum Gasteiger partial charge on any atom is -0.435 e. The number of benzene rings is 2. The van der Waals surface area contributed by atoms with Crippen LogP contribution in [-0.2, 0) is 0 Å². The van der Waals surface area contributed by atoms with Crippen LogP contribution in [0.1, 0.15) is 15.9 Å². The highest BCUT2D eigenvalue weighted by atomic mass is 19.3. The lowest BCUT2D eigenvalue weighted by atomic mass is 10.1. The van der Waals surface area contributed by atoms with Crippen molar-refractivity contribution >= 4 is 11.6 Å². The first-order valence-electron chi connectivity index (χ1n) is 7.26. The first-order valence-corrected chi connectivity index (χ1v) is 7.26. The number of nitrogens with zero attached hydrogens (tertiary/aromatic N) is 2. The molecule has 0 unspecified atom stereocenters. The molecule has 1 aromatic heterocycles. The zero-order valence-electron chi connectivity index (χ0n) is 13.1. The maximum atomic E-state index is 12.3. The molecule has 0 spiro atoms. The summed E-state index contributed by atoms with van der Waals surface area (Å²) in [6.07, 6.45) is 1.22. The normalized spacial score (nSPS) is 10.7. The van der Waals surface area contributed by atoms with Crippen LogP contribution >= 0.6 is 0 Å². The Bertz CT molecular complexity index is 865. The molecule has 0 aliphatic rings. The molecular weight excluding hydrogens is 332 g/mol. The summed E-state index contributed by atoms with van der Waals surface area (Å²) >= 11 is 0. The Morgan fingerprint density at radius 3 is 2.60 bits per heavy atom. The van der Waals surface area contributed by atoms with E-state index in [9.17, 15) is 13.6 Å². The highest BCUT2D eigenvalue weighted by molar-refractivity contribution is 6.05. The van der Waals surface area contributed by atoms with E-state index in [2.05, 4.69) is 20.3 Å². The van der Waals surface area contributed by atoms with Gasteiger partial charge >= 0.3 is 6.61 Å². The summed E-state index contributed by atoms with van der Waals surface area (Å²) in [4.78, 5) is 12.3. The average Bonchev–Trinajstić information content (AvgIpc) is 3.11. The number of alkyl halides is 2. The van der Waals surface area contributed by atoms with E-state index in [0.717, 1.165) is 5.56 Å². The van der Waals surface area contributed by atoms with Gasteiger partial charge in [-0.1, -0.05) is 6.07 Å². The topological polar surface area (TPSA) is 77.3 Å². The van der Waals surface area contributed by atoms with Crippen molar-refractivity contribution in [1.29, 1.82) is 0 Å². The van der Waals surface area contributed by atoms with E-state index in [-0.39, 0.29) is 11.7 Å². The monoisotopic (exact) mass is 345 g/mol. The number of hydrogen-bond acceptors (Lipinski definition) is 5. The van der Waals surface area contributed by atoms with Crippen LogP contribution in [0.15, 0.2) is 53.3 Å². The van der Waals surface area contributed by atoms with E-state index in [4.69, 9.17) is 4.42 Å². The second-order valence-electron chi connectivity index (χ2n) is 5.13. The fourth-order valence-electron chi connectivity index (χ4n) is 2.17. The van der Waals surface area contributed by atoms with Crippen molar-refractivity contribution in [1.82, 2.24) is 10.2 Å². The minimum atomic E-state index is -2.91. The lowest BCUT2D eigenvalue weighted by molar-refractivity contribution is -0.0498. The van der Waals surface area contributed by atoms with Crippen LogP contribution in [0.3, 0.4) is 0 Å². The molecule has 0 radical (unpaired) electrons. The predicted molar refractivity (Wildman–Crippen MR) is 85.5 cm³/mol. The van der Waals surface area contributed by atoms with Crippen molar-refractivity contribution in [2.45, 2.75) is 13.5 Å². The first kappa shape index (κ1) is 16.6. The Labute approximate surface area is 141 Å². The number of anilines is 1. The summed E-state index contributed by atoms with van der Waals surface area (Å²) in [5.41, 5.74) is 2.39. The summed E-state index contributed by atoms with van der Waals surface area (Å²) < 4.78 is 33.7. The van der Waals surface area contributed by atoms with E-state index in [1.807, 2.05) is 13.0 Å². The lowest BCUT2D eigenvalue weighted by Gasteiger charge is -2.10. The SMILES string of the molecule is Cc1ccc(-c2nnco2)cc1NC(=O)c1ccc(OC(F)F)cc1. The smallest absolute Gasteiger partial charge is 0.387 e. The molecule has 3 aromatic rings. The Morgan fingerprint density at radius 2 is 1.96 bits per heavy atom. The maximum absolute atomic E-state index is 12.3. The molecule has 0 aliphatic heterocycles. The molecule has 1 heterocycles. The molecule has 1 N–H and O–H groups in total. The third kappa shape index (κ3) is 3.97. The molecule has 25 heavy (non-hydrogen) atoms. The second-order valence-corrected chi connectivity index (χ2v) is 5.13. The van der Waals surface area contributed by atoms with Gasteiger partial charge in [-0.25, -0.2) is 0 Å². The quantitative estimate of drug-likeness (QED) is 0.759. The van der Waals surface area contributed by atoms with Crippen molar-refractivity contribution in [3.8, 4) is 17.2 Å². The molecular formula is C17H13F2N3O3. The van der Waals surface area contributed by atoms with Gasteiger partial charge in [-0.15, -0.1) is 10.2 Å². The van der Waals surface area contributed by atoms with Gasteiger partial charge in [-0.05, 0) is 48.9 Å². The predicted octanol–water partition coefficient (Wildman–Crippen LogP) is 3.90. The number of rotatable bonds is 5. The Kier molecular flexibility index (Phi) is 4.69. The third-order valence-corrected chi connectivity index (χ3v) is 3.43. The molecule has 0 fully saturated rings. The minimum absolute atomic E-state index is 0.0129. The van der Waals surface area contributed by atoms with E-state index in [1.54, 1.807) is 12.1 Å². The number of ether oxygens (including phenoxy) is 1. The fourth-order valence-corrected chi connectivity index (χ4v) is 2.17. The number of carbonyl (C=O) groups is 1. The average molecular weight is 345 g/mol. The number of aryl methyl sites for hydroxylation is 1. The summed E-state index contributed by atoms with van der Waals surface area (Å²) in [5, 5.41) is 10.2. The lowest BCUT2D eigenvalue weighted by Crippen LogP contribution is -2.13. The van der Waals surface area contributed by atoms with Gasteiger partial charge in [0.05, 0.1) is 0 Å². The first-order chi connectivity index (χ1) is 12.0. The van der Waals surface area contributed by atoms with Crippen LogP contribution in [0.2, 0.25) is 0 Å². The zero-order valence-corrected chi connectivity index (χ0v) is 13.1. The van der Waals surface area contributed by atoms with Crippen LogP contribution in [-0.4, -0.2) is 22.7 Å². The van der Waals surface area contributed by atoms with Crippen LogP contribution in [0, 0.1) is 6.92 Å². The van der Waals surface area contributed by atoms with Gasteiger partial charge in [0.25, 0.3) is 5.91 Å². The Balaban J connectivity index is 1.77. The summed E-state index contributed by atoms with van der Waals surface area (Å²) in [7, 11) is 0. The Hall–Kier alpha value is -3.29. The molecule has 0 aliphatic carbocycles. The van der Waals surface area contributed by atoms with Crippen molar-refractivity contribution in [3.05, 3.63) is 60.0 Å². The number of carbonyl (C=O) groups excluding carboxylic acids is 1. The zero-order chi connectivity index (χ0) is 17.8. The highest BCUT2D eigenvalue weighted by Crippen LogP contribution is 2.24. The van der Waals surface area contributed by atoms with E-state index in [0.29, 0.717) is 22.7 Å². The maximum Gasteiger partial charge on any atom is 0.387 e. The van der Waals surface area contributed by atoms with Gasteiger partial charge in [0.2, 0.25) is 12.3 Å². The van der Waals surface area contributed by atoms with Crippen molar-refractivity contribution in [2.75, 3.05) is 5.32 Å². The van der Waals surface area contributed by atoms with Gasteiger partial charge in [-0.2, -0.15) is 8.78 Å². The van der Waals surface area contributed by atoms with E-state index >= 15 is 0 Å². The Morgan fingerprint density at radius 1 is 1.20 bits per heavy atom. The van der Waals surface area contributed by atoms with Crippen LogP contribution in [0.5, 0.6) is 5.75 Å². The molecule has 2 aromatic carbocycles. The van der Waals surface area contributed by atoms with E-state index < -0.39 is 6.61 Å². The molecule has 128 valence electrons. The van der Waals surface area contributed by atoms with Crippen LogP contribution in [0.25, 0.3) is 11.5 Å². The van der Waals surface area contributed by atoms with Crippen molar-refractivity contribution in [2.24, 2.45) is 0 Å². The third-order valence-electron chi connectivity index (χ3n) is 3.43.